The highest BCUT2D eigenvalue weighted by Gasteiger charge is 2.05. The summed E-state index contributed by atoms with van der Waals surface area (Å²) in [6, 6.07) is 8.04. The van der Waals surface area contributed by atoms with Gasteiger partial charge in [0.25, 0.3) is 0 Å². The first-order valence-electron chi connectivity index (χ1n) is 5.73. The molecule has 94 valence electrons. The Morgan fingerprint density at radius 3 is 2.59 bits per heavy atom. The van der Waals surface area contributed by atoms with E-state index in [1.54, 1.807) is 0 Å². The van der Waals surface area contributed by atoms with E-state index in [2.05, 4.69) is 5.32 Å². The van der Waals surface area contributed by atoms with Crippen LogP contribution in [0.5, 0.6) is 0 Å². The van der Waals surface area contributed by atoms with Crippen LogP contribution in [0.3, 0.4) is 0 Å². The summed E-state index contributed by atoms with van der Waals surface area (Å²) in [5, 5.41) is 20.2. The zero-order chi connectivity index (χ0) is 12.7. The minimum Gasteiger partial charge on any atom is -0.394 e. The molecule has 0 heterocycles. The van der Waals surface area contributed by atoms with Crippen molar-refractivity contribution in [3.63, 3.8) is 0 Å². The summed E-state index contributed by atoms with van der Waals surface area (Å²) in [6.07, 6.45) is 0.195. The molecule has 0 aliphatic heterocycles. The van der Waals surface area contributed by atoms with Crippen LogP contribution in [0.1, 0.15) is 17.5 Å². The zero-order valence-electron chi connectivity index (χ0n) is 10.0. The van der Waals surface area contributed by atoms with Gasteiger partial charge in [-0.25, -0.2) is 0 Å². The molecule has 0 aromatic heterocycles. The highest BCUT2D eigenvalue weighted by atomic mass is 16.3. The van der Waals surface area contributed by atoms with E-state index in [1.165, 1.54) is 5.56 Å². The van der Waals surface area contributed by atoms with Crippen LogP contribution in [0.15, 0.2) is 24.3 Å². The molecular formula is C13H19NO3. The molecule has 0 saturated carbocycles. The van der Waals surface area contributed by atoms with Gasteiger partial charge in [-0.2, -0.15) is 0 Å². The van der Waals surface area contributed by atoms with Gasteiger partial charge in [0.05, 0.1) is 12.7 Å². The van der Waals surface area contributed by atoms with Gasteiger partial charge in [0.2, 0.25) is 5.91 Å². The number of aliphatic hydroxyl groups excluding tert-OH is 2. The van der Waals surface area contributed by atoms with Gasteiger partial charge >= 0.3 is 0 Å². The van der Waals surface area contributed by atoms with Gasteiger partial charge in [0.15, 0.2) is 0 Å². The molecule has 0 saturated heterocycles. The number of aliphatic hydroxyl groups is 2. The molecule has 1 atom stereocenters. The van der Waals surface area contributed by atoms with Gasteiger partial charge in [-0.1, -0.05) is 29.8 Å². The van der Waals surface area contributed by atoms with E-state index in [0.29, 0.717) is 12.8 Å². The Labute approximate surface area is 101 Å². The van der Waals surface area contributed by atoms with Crippen molar-refractivity contribution < 1.29 is 15.0 Å². The predicted octanol–water partition coefficient (Wildman–Crippen LogP) is 0.397. The second-order valence-corrected chi connectivity index (χ2v) is 4.13. The first-order chi connectivity index (χ1) is 8.11. The first-order valence-corrected chi connectivity index (χ1v) is 5.73. The number of carbonyl (C=O) groups is 1. The maximum Gasteiger partial charge on any atom is 0.220 e. The maximum absolute atomic E-state index is 11.4. The molecule has 0 aliphatic carbocycles. The van der Waals surface area contributed by atoms with E-state index < -0.39 is 6.10 Å². The second kappa shape index (κ2) is 7.04. The summed E-state index contributed by atoms with van der Waals surface area (Å²) in [5.41, 5.74) is 2.32. The van der Waals surface area contributed by atoms with Crippen molar-refractivity contribution in [1.29, 1.82) is 0 Å². The van der Waals surface area contributed by atoms with Crippen molar-refractivity contribution in [3.8, 4) is 0 Å². The van der Waals surface area contributed by atoms with Crippen molar-refractivity contribution in [3.05, 3.63) is 35.4 Å². The van der Waals surface area contributed by atoms with Gasteiger partial charge in [0.1, 0.15) is 0 Å². The zero-order valence-corrected chi connectivity index (χ0v) is 10.0. The molecule has 0 fully saturated rings. The summed E-state index contributed by atoms with van der Waals surface area (Å²) < 4.78 is 0. The Morgan fingerprint density at radius 2 is 2.00 bits per heavy atom. The van der Waals surface area contributed by atoms with Crippen LogP contribution in [0, 0.1) is 6.92 Å². The van der Waals surface area contributed by atoms with Crippen LogP contribution in [-0.2, 0) is 11.2 Å². The molecule has 1 rings (SSSR count). The topological polar surface area (TPSA) is 69.6 Å². The lowest BCUT2D eigenvalue weighted by Crippen LogP contribution is -2.33. The largest absolute Gasteiger partial charge is 0.394 e. The standard InChI is InChI=1S/C13H19NO3/c1-10-2-4-11(5-3-10)6-7-13(17)14-8-12(16)9-15/h2-5,12,15-16H,6-9H2,1H3,(H,14,17). The molecule has 1 aromatic rings. The molecule has 17 heavy (non-hydrogen) atoms. The van der Waals surface area contributed by atoms with Gasteiger partial charge in [-0.05, 0) is 18.9 Å². The highest BCUT2D eigenvalue weighted by Crippen LogP contribution is 2.05. The quantitative estimate of drug-likeness (QED) is 0.670. The minimum atomic E-state index is -0.877. The lowest BCUT2D eigenvalue weighted by atomic mass is 10.1. The number of hydrogen-bond donors (Lipinski definition) is 3. The lowest BCUT2D eigenvalue weighted by molar-refractivity contribution is -0.121. The second-order valence-electron chi connectivity index (χ2n) is 4.13. The average molecular weight is 237 g/mol. The molecule has 0 aliphatic rings. The molecule has 3 N–H and O–H groups in total. The summed E-state index contributed by atoms with van der Waals surface area (Å²) in [5.74, 6) is -0.113. The first kappa shape index (κ1) is 13.7. The number of benzene rings is 1. The molecule has 4 heteroatoms. The summed E-state index contributed by atoms with van der Waals surface area (Å²) in [4.78, 5) is 11.4. The van der Waals surface area contributed by atoms with Gasteiger partial charge in [-0.15, -0.1) is 0 Å². The maximum atomic E-state index is 11.4. The van der Waals surface area contributed by atoms with Crippen LogP contribution < -0.4 is 5.32 Å². The van der Waals surface area contributed by atoms with E-state index in [9.17, 15) is 4.79 Å². The fourth-order valence-corrected chi connectivity index (χ4v) is 1.40. The summed E-state index contributed by atoms with van der Waals surface area (Å²) in [7, 11) is 0. The number of hydrogen-bond acceptors (Lipinski definition) is 3. The van der Waals surface area contributed by atoms with E-state index >= 15 is 0 Å². The monoisotopic (exact) mass is 237 g/mol. The molecule has 0 spiro atoms. The van der Waals surface area contributed by atoms with Crippen LogP contribution in [0.25, 0.3) is 0 Å². The fourth-order valence-electron chi connectivity index (χ4n) is 1.40. The van der Waals surface area contributed by atoms with Crippen molar-refractivity contribution in [1.82, 2.24) is 5.32 Å². The van der Waals surface area contributed by atoms with Crippen LogP contribution in [0.4, 0.5) is 0 Å². The third-order valence-corrected chi connectivity index (χ3v) is 2.51. The number of amides is 1. The Morgan fingerprint density at radius 1 is 1.35 bits per heavy atom. The summed E-state index contributed by atoms with van der Waals surface area (Å²) in [6.45, 7) is 1.79. The van der Waals surface area contributed by atoms with Crippen LogP contribution >= 0.6 is 0 Å². The van der Waals surface area contributed by atoms with Crippen molar-refractivity contribution in [2.45, 2.75) is 25.9 Å². The molecule has 0 radical (unpaired) electrons. The Bertz CT molecular complexity index is 348. The Balaban J connectivity index is 2.26. The smallest absolute Gasteiger partial charge is 0.220 e. The van der Waals surface area contributed by atoms with E-state index in [-0.39, 0.29) is 19.1 Å². The van der Waals surface area contributed by atoms with Crippen molar-refractivity contribution in [2.24, 2.45) is 0 Å². The number of rotatable bonds is 6. The minimum absolute atomic E-state index is 0.100. The van der Waals surface area contributed by atoms with Crippen LogP contribution in [0.2, 0.25) is 0 Å². The molecule has 0 bridgehead atoms. The van der Waals surface area contributed by atoms with Crippen molar-refractivity contribution in [2.75, 3.05) is 13.2 Å². The number of aryl methyl sites for hydroxylation is 2. The summed E-state index contributed by atoms with van der Waals surface area (Å²) >= 11 is 0. The highest BCUT2D eigenvalue weighted by molar-refractivity contribution is 5.76. The Kier molecular flexibility index (Phi) is 5.66. The molecule has 1 aromatic carbocycles. The predicted molar refractivity (Wildman–Crippen MR) is 65.6 cm³/mol. The SMILES string of the molecule is Cc1ccc(CCC(=O)NCC(O)CO)cc1. The van der Waals surface area contributed by atoms with E-state index in [0.717, 1.165) is 5.56 Å². The lowest BCUT2D eigenvalue weighted by Gasteiger charge is -2.08. The Hall–Kier alpha value is -1.39. The third kappa shape index (κ3) is 5.47. The third-order valence-electron chi connectivity index (χ3n) is 2.51. The molecule has 4 nitrogen and oxygen atoms in total. The van der Waals surface area contributed by atoms with Gasteiger partial charge < -0.3 is 15.5 Å². The van der Waals surface area contributed by atoms with Gasteiger partial charge in [0, 0.05) is 13.0 Å². The van der Waals surface area contributed by atoms with Crippen LogP contribution in [-0.4, -0.2) is 35.4 Å². The van der Waals surface area contributed by atoms with Crippen molar-refractivity contribution >= 4 is 5.91 Å². The fraction of sp³-hybridized carbons (Fsp3) is 0.462. The average Bonchev–Trinajstić information content (AvgIpc) is 2.35. The number of carbonyl (C=O) groups excluding carboxylic acids is 1. The molecule has 1 unspecified atom stereocenters. The molecular weight excluding hydrogens is 218 g/mol. The van der Waals surface area contributed by atoms with Gasteiger partial charge in [-0.3, -0.25) is 4.79 Å². The van der Waals surface area contributed by atoms with E-state index in [4.69, 9.17) is 10.2 Å². The normalized spacial score (nSPS) is 12.2. The number of nitrogens with one attached hydrogen (secondary N) is 1. The molecule has 1 amide bonds. The van der Waals surface area contributed by atoms with E-state index in [1.807, 2.05) is 31.2 Å².